The van der Waals surface area contributed by atoms with Crippen LogP contribution in [0.5, 0.6) is 0 Å². The van der Waals surface area contributed by atoms with Crippen molar-refractivity contribution in [2.24, 2.45) is 0 Å². The molecule has 2 aromatic heterocycles. The number of hydrogen-bond acceptors (Lipinski definition) is 5. The SMILES string of the molecule is O=C(CCNc1ncc(C(F)(F)F)cc1Cl)N1CCN(c2ccc(Cl)cn2)CC1. The number of rotatable bonds is 5. The number of aromatic nitrogens is 2. The van der Waals surface area contributed by atoms with Gasteiger partial charge in [-0.05, 0) is 18.2 Å². The fraction of sp³-hybridized carbons (Fsp3) is 0.389. The number of hydrogen-bond donors (Lipinski definition) is 1. The van der Waals surface area contributed by atoms with Gasteiger partial charge in [0, 0.05) is 51.5 Å². The van der Waals surface area contributed by atoms with E-state index in [-0.39, 0.29) is 29.7 Å². The Labute approximate surface area is 175 Å². The molecule has 0 aromatic carbocycles. The molecule has 0 radical (unpaired) electrons. The van der Waals surface area contributed by atoms with E-state index in [2.05, 4.69) is 20.2 Å². The summed E-state index contributed by atoms with van der Waals surface area (Å²) in [6.45, 7) is 2.64. The average Bonchev–Trinajstić information content (AvgIpc) is 2.69. The fourth-order valence-corrected chi connectivity index (χ4v) is 3.25. The number of halogens is 5. The second-order valence-electron chi connectivity index (χ2n) is 6.43. The summed E-state index contributed by atoms with van der Waals surface area (Å²) in [7, 11) is 0. The van der Waals surface area contributed by atoms with Gasteiger partial charge in [-0.3, -0.25) is 4.79 Å². The molecular weight excluding hydrogens is 430 g/mol. The Bertz CT molecular complexity index is 856. The first-order valence-corrected chi connectivity index (χ1v) is 9.60. The van der Waals surface area contributed by atoms with Crippen LogP contribution in [0.2, 0.25) is 10.0 Å². The third-order valence-corrected chi connectivity index (χ3v) is 4.98. The van der Waals surface area contributed by atoms with E-state index in [0.29, 0.717) is 37.4 Å². The zero-order valence-electron chi connectivity index (χ0n) is 15.2. The molecule has 1 aliphatic rings. The quantitative estimate of drug-likeness (QED) is 0.751. The van der Waals surface area contributed by atoms with E-state index in [1.807, 2.05) is 6.07 Å². The maximum Gasteiger partial charge on any atom is 0.417 e. The van der Waals surface area contributed by atoms with E-state index in [9.17, 15) is 18.0 Å². The summed E-state index contributed by atoms with van der Waals surface area (Å²) in [4.78, 5) is 24.2. The zero-order valence-corrected chi connectivity index (χ0v) is 16.7. The molecule has 1 aliphatic heterocycles. The number of carbonyl (C=O) groups excluding carboxylic acids is 1. The predicted molar refractivity (Wildman–Crippen MR) is 105 cm³/mol. The van der Waals surface area contributed by atoms with Crippen molar-refractivity contribution in [1.82, 2.24) is 14.9 Å². The molecule has 0 unspecified atom stereocenters. The monoisotopic (exact) mass is 447 g/mol. The lowest BCUT2D eigenvalue weighted by atomic mass is 10.2. The molecule has 0 aliphatic carbocycles. The topological polar surface area (TPSA) is 61.4 Å². The van der Waals surface area contributed by atoms with Gasteiger partial charge in [-0.15, -0.1) is 0 Å². The van der Waals surface area contributed by atoms with Crippen LogP contribution in [0.25, 0.3) is 0 Å². The number of nitrogens with one attached hydrogen (secondary N) is 1. The summed E-state index contributed by atoms with van der Waals surface area (Å²) in [6.07, 6.45) is -2.03. The number of anilines is 2. The first-order chi connectivity index (χ1) is 13.7. The Morgan fingerprint density at radius 2 is 1.83 bits per heavy atom. The second-order valence-corrected chi connectivity index (χ2v) is 7.28. The van der Waals surface area contributed by atoms with Gasteiger partial charge in [0.25, 0.3) is 0 Å². The zero-order chi connectivity index (χ0) is 21.0. The van der Waals surface area contributed by atoms with Gasteiger partial charge in [-0.25, -0.2) is 9.97 Å². The van der Waals surface area contributed by atoms with E-state index in [0.717, 1.165) is 11.9 Å². The molecule has 3 heterocycles. The fourth-order valence-electron chi connectivity index (χ4n) is 2.91. The minimum Gasteiger partial charge on any atom is -0.368 e. The highest BCUT2D eigenvalue weighted by molar-refractivity contribution is 6.33. The molecule has 0 spiro atoms. The summed E-state index contributed by atoms with van der Waals surface area (Å²) in [6, 6.07) is 4.42. The molecule has 11 heteroatoms. The molecule has 29 heavy (non-hydrogen) atoms. The van der Waals surface area contributed by atoms with E-state index >= 15 is 0 Å². The van der Waals surface area contributed by atoms with Gasteiger partial charge in [0.05, 0.1) is 15.6 Å². The van der Waals surface area contributed by atoms with E-state index in [1.165, 1.54) is 0 Å². The molecule has 6 nitrogen and oxygen atoms in total. The van der Waals surface area contributed by atoms with Gasteiger partial charge in [-0.2, -0.15) is 13.2 Å². The van der Waals surface area contributed by atoms with Gasteiger partial charge in [0.2, 0.25) is 5.91 Å². The van der Waals surface area contributed by atoms with Crippen LogP contribution in [0.1, 0.15) is 12.0 Å². The Morgan fingerprint density at radius 3 is 2.41 bits per heavy atom. The van der Waals surface area contributed by atoms with Crippen LogP contribution in [0.4, 0.5) is 24.8 Å². The lowest BCUT2D eigenvalue weighted by Gasteiger charge is -2.35. The summed E-state index contributed by atoms with van der Waals surface area (Å²) >= 11 is 11.7. The molecule has 1 saturated heterocycles. The molecule has 0 atom stereocenters. The van der Waals surface area contributed by atoms with Crippen molar-refractivity contribution in [3.63, 3.8) is 0 Å². The van der Waals surface area contributed by atoms with Gasteiger partial charge < -0.3 is 15.1 Å². The van der Waals surface area contributed by atoms with Crippen molar-refractivity contribution in [2.75, 3.05) is 42.9 Å². The minimum absolute atomic E-state index is 0.0516. The van der Waals surface area contributed by atoms with Crippen molar-refractivity contribution in [1.29, 1.82) is 0 Å². The van der Waals surface area contributed by atoms with Crippen LogP contribution in [0, 0.1) is 0 Å². The summed E-state index contributed by atoms with van der Waals surface area (Å²) in [5.74, 6) is 0.876. The van der Waals surface area contributed by atoms with Crippen LogP contribution < -0.4 is 10.2 Å². The maximum absolute atomic E-state index is 12.6. The van der Waals surface area contributed by atoms with E-state index in [4.69, 9.17) is 23.2 Å². The molecule has 0 bridgehead atoms. The molecule has 1 fully saturated rings. The molecule has 156 valence electrons. The Hall–Kier alpha value is -2.26. The Morgan fingerprint density at radius 1 is 1.10 bits per heavy atom. The third kappa shape index (κ3) is 5.63. The molecular formula is C18H18Cl2F3N5O. The van der Waals surface area contributed by atoms with Gasteiger partial charge in [0.1, 0.15) is 11.6 Å². The van der Waals surface area contributed by atoms with Crippen molar-refractivity contribution in [3.8, 4) is 0 Å². The number of alkyl halides is 3. The third-order valence-electron chi connectivity index (χ3n) is 4.47. The molecule has 0 saturated carbocycles. The maximum atomic E-state index is 12.6. The van der Waals surface area contributed by atoms with E-state index < -0.39 is 11.7 Å². The first-order valence-electron chi connectivity index (χ1n) is 8.85. The van der Waals surface area contributed by atoms with Crippen LogP contribution in [-0.4, -0.2) is 53.5 Å². The normalized spacial score (nSPS) is 14.8. The summed E-state index contributed by atoms with van der Waals surface area (Å²) in [5.41, 5.74) is -0.919. The Balaban J connectivity index is 1.45. The van der Waals surface area contributed by atoms with Gasteiger partial charge in [-0.1, -0.05) is 23.2 Å². The highest BCUT2D eigenvalue weighted by Crippen LogP contribution is 2.32. The molecule has 3 rings (SSSR count). The second kappa shape index (κ2) is 9.04. The lowest BCUT2D eigenvalue weighted by Crippen LogP contribution is -2.49. The lowest BCUT2D eigenvalue weighted by molar-refractivity contribution is -0.137. The van der Waals surface area contributed by atoms with E-state index in [1.54, 1.807) is 17.2 Å². The first kappa shape index (κ1) is 21.4. The standard InChI is InChI=1S/C18H18Cl2F3N5O/c19-13-1-2-15(25-11-13)27-5-7-28(8-6-27)16(29)3-4-24-17-14(20)9-12(10-26-17)18(21,22)23/h1-2,9-11H,3-8H2,(H,24,26). The van der Waals surface area contributed by atoms with Crippen molar-refractivity contribution >= 4 is 40.7 Å². The predicted octanol–water partition coefficient (Wildman–Crippen LogP) is 3.95. The number of carbonyl (C=O) groups is 1. The highest BCUT2D eigenvalue weighted by atomic mass is 35.5. The van der Waals surface area contributed by atoms with Gasteiger partial charge in [0.15, 0.2) is 0 Å². The van der Waals surface area contributed by atoms with Crippen molar-refractivity contribution in [3.05, 3.63) is 46.2 Å². The summed E-state index contributed by atoms with van der Waals surface area (Å²) in [5, 5.41) is 3.24. The van der Waals surface area contributed by atoms with Crippen LogP contribution in [-0.2, 0) is 11.0 Å². The van der Waals surface area contributed by atoms with Crippen molar-refractivity contribution < 1.29 is 18.0 Å². The molecule has 1 amide bonds. The van der Waals surface area contributed by atoms with Crippen LogP contribution >= 0.6 is 23.2 Å². The van der Waals surface area contributed by atoms with Crippen LogP contribution in [0.3, 0.4) is 0 Å². The number of nitrogens with zero attached hydrogens (tertiary/aromatic N) is 4. The average molecular weight is 448 g/mol. The van der Waals surface area contributed by atoms with Gasteiger partial charge >= 0.3 is 6.18 Å². The van der Waals surface area contributed by atoms with Crippen molar-refractivity contribution in [2.45, 2.75) is 12.6 Å². The summed E-state index contributed by atoms with van der Waals surface area (Å²) < 4.78 is 37.9. The number of amides is 1. The smallest absolute Gasteiger partial charge is 0.368 e. The largest absolute Gasteiger partial charge is 0.417 e. The highest BCUT2D eigenvalue weighted by Gasteiger charge is 2.31. The number of pyridine rings is 2. The minimum atomic E-state index is -4.51. The number of piperazine rings is 1. The van der Waals surface area contributed by atoms with Crippen LogP contribution in [0.15, 0.2) is 30.6 Å². The Kier molecular flexibility index (Phi) is 6.69. The molecule has 1 N–H and O–H groups in total. The molecule has 2 aromatic rings.